The first-order chi connectivity index (χ1) is 7.22. The molecule has 1 aliphatic rings. The van der Waals surface area contributed by atoms with Gasteiger partial charge in [0.15, 0.2) is 0 Å². The van der Waals surface area contributed by atoms with Gasteiger partial charge >= 0.3 is 0 Å². The van der Waals surface area contributed by atoms with Crippen LogP contribution in [-0.2, 0) is 6.54 Å². The molecule has 2 N–H and O–H groups in total. The molecule has 2 nitrogen and oxygen atoms in total. The van der Waals surface area contributed by atoms with Gasteiger partial charge in [0.1, 0.15) is 5.82 Å². The van der Waals surface area contributed by atoms with Crippen molar-refractivity contribution in [2.45, 2.75) is 31.8 Å². The lowest BCUT2D eigenvalue weighted by Gasteiger charge is -2.36. The number of hydrogen-bond donors (Lipinski definition) is 1. The van der Waals surface area contributed by atoms with Crippen molar-refractivity contribution < 1.29 is 4.39 Å². The minimum Gasteiger partial charge on any atom is -0.369 e. The number of rotatable bonds is 3. The maximum absolute atomic E-state index is 13.7. The molecule has 0 heterocycles. The lowest BCUT2D eigenvalue weighted by Crippen LogP contribution is -2.37. The van der Waals surface area contributed by atoms with Gasteiger partial charge in [0, 0.05) is 19.6 Å². The van der Waals surface area contributed by atoms with Crippen LogP contribution in [0.4, 0.5) is 10.1 Å². The number of nitrogens with two attached hydrogens (primary N) is 1. The minimum atomic E-state index is -0.160. The van der Waals surface area contributed by atoms with Crippen molar-refractivity contribution in [1.29, 1.82) is 0 Å². The summed E-state index contributed by atoms with van der Waals surface area (Å²) in [4.78, 5) is 2.04. The molecule has 1 aromatic rings. The Bertz CT molecular complexity index is 347. The van der Waals surface area contributed by atoms with Crippen LogP contribution in [0.1, 0.15) is 24.8 Å². The van der Waals surface area contributed by atoms with Gasteiger partial charge in [-0.1, -0.05) is 6.07 Å². The largest absolute Gasteiger partial charge is 0.369 e. The van der Waals surface area contributed by atoms with Crippen molar-refractivity contribution in [1.82, 2.24) is 0 Å². The Morgan fingerprint density at radius 3 is 2.67 bits per heavy atom. The van der Waals surface area contributed by atoms with E-state index in [1.165, 1.54) is 25.3 Å². The van der Waals surface area contributed by atoms with Crippen LogP contribution in [-0.4, -0.2) is 13.1 Å². The minimum absolute atomic E-state index is 0.160. The first-order valence-corrected chi connectivity index (χ1v) is 5.43. The zero-order chi connectivity index (χ0) is 10.8. The monoisotopic (exact) mass is 208 g/mol. The van der Waals surface area contributed by atoms with Crippen molar-refractivity contribution in [3.63, 3.8) is 0 Å². The van der Waals surface area contributed by atoms with Crippen molar-refractivity contribution >= 4 is 5.69 Å². The third kappa shape index (κ3) is 1.97. The third-order valence-electron chi connectivity index (χ3n) is 3.25. The highest BCUT2D eigenvalue weighted by Gasteiger charge is 2.23. The van der Waals surface area contributed by atoms with E-state index in [9.17, 15) is 4.39 Å². The SMILES string of the molecule is CN(c1ccc(CN)cc1F)C1CCC1. The lowest BCUT2D eigenvalue weighted by atomic mass is 9.91. The molecule has 0 atom stereocenters. The number of nitrogens with zero attached hydrogens (tertiary/aromatic N) is 1. The molecule has 0 aliphatic heterocycles. The van der Waals surface area contributed by atoms with Crippen LogP contribution in [0, 0.1) is 5.82 Å². The maximum Gasteiger partial charge on any atom is 0.146 e. The highest BCUT2D eigenvalue weighted by Crippen LogP contribution is 2.29. The van der Waals surface area contributed by atoms with Crippen LogP contribution in [0.2, 0.25) is 0 Å². The van der Waals surface area contributed by atoms with E-state index in [0.717, 1.165) is 5.56 Å². The molecule has 0 bridgehead atoms. The van der Waals surface area contributed by atoms with E-state index in [1.807, 2.05) is 24.1 Å². The molecule has 1 saturated carbocycles. The van der Waals surface area contributed by atoms with Crippen LogP contribution < -0.4 is 10.6 Å². The Hall–Kier alpha value is -1.09. The molecule has 0 unspecified atom stereocenters. The molecule has 0 amide bonds. The van der Waals surface area contributed by atoms with Crippen LogP contribution >= 0.6 is 0 Å². The summed E-state index contributed by atoms with van der Waals surface area (Å²) in [5.74, 6) is -0.160. The highest BCUT2D eigenvalue weighted by atomic mass is 19.1. The van der Waals surface area contributed by atoms with Crippen LogP contribution in [0.5, 0.6) is 0 Å². The Labute approximate surface area is 89.9 Å². The average molecular weight is 208 g/mol. The zero-order valence-corrected chi connectivity index (χ0v) is 9.04. The molecular weight excluding hydrogens is 191 g/mol. The Morgan fingerprint density at radius 2 is 2.20 bits per heavy atom. The van der Waals surface area contributed by atoms with E-state index >= 15 is 0 Å². The molecule has 1 aliphatic carbocycles. The van der Waals surface area contributed by atoms with E-state index in [4.69, 9.17) is 5.73 Å². The molecule has 82 valence electrons. The summed E-state index contributed by atoms with van der Waals surface area (Å²) in [5.41, 5.74) is 7.00. The van der Waals surface area contributed by atoms with E-state index < -0.39 is 0 Å². The van der Waals surface area contributed by atoms with Gasteiger partial charge in [-0.25, -0.2) is 4.39 Å². The average Bonchev–Trinajstić information content (AvgIpc) is 2.14. The fourth-order valence-corrected chi connectivity index (χ4v) is 1.93. The fourth-order valence-electron chi connectivity index (χ4n) is 1.93. The number of hydrogen-bond acceptors (Lipinski definition) is 2. The van der Waals surface area contributed by atoms with Crippen LogP contribution in [0.3, 0.4) is 0 Å². The molecule has 0 radical (unpaired) electrons. The Balaban J connectivity index is 2.19. The highest BCUT2D eigenvalue weighted by molar-refractivity contribution is 5.49. The fraction of sp³-hybridized carbons (Fsp3) is 0.500. The van der Waals surface area contributed by atoms with Gasteiger partial charge in [-0.05, 0) is 37.0 Å². The summed E-state index contributed by atoms with van der Waals surface area (Å²) in [6, 6.07) is 5.77. The van der Waals surface area contributed by atoms with Gasteiger partial charge < -0.3 is 10.6 Å². The van der Waals surface area contributed by atoms with Crippen molar-refractivity contribution in [2.24, 2.45) is 5.73 Å². The number of halogens is 1. The smallest absolute Gasteiger partial charge is 0.146 e. The normalized spacial score (nSPS) is 16.2. The molecule has 15 heavy (non-hydrogen) atoms. The second-order valence-corrected chi connectivity index (χ2v) is 4.19. The van der Waals surface area contributed by atoms with Crippen molar-refractivity contribution in [2.75, 3.05) is 11.9 Å². The van der Waals surface area contributed by atoms with E-state index in [2.05, 4.69) is 0 Å². The standard InChI is InChI=1S/C12H17FN2/c1-15(10-3-2-4-10)12-6-5-9(8-14)7-11(12)13/h5-7,10H,2-4,8,14H2,1H3. The summed E-state index contributed by atoms with van der Waals surface area (Å²) in [5, 5.41) is 0. The van der Waals surface area contributed by atoms with Gasteiger partial charge in [0.2, 0.25) is 0 Å². The quantitative estimate of drug-likeness (QED) is 0.825. The molecule has 1 fully saturated rings. The zero-order valence-electron chi connectivity index (χ0n) is 9.04. The first kappa shape index (κ1) is 10.4. The summed E-state index contributed by atoms with van der Waals surface area (Å²) in [7, 11) is 1.96. The van der Waals surface area contributed by atoms with Gasteiger partial charge in [-0.15, -0.1) is 0 Å². The predicted octanol–water partition coefficient (Wildman–Crippen LogP) is 2.27. The second-order valence-electron chi connectivity index (χ2n) is 4.19. The summed E-state index contributed by atoms with van der Waals surface area (Å²) in [6.45, 7) is 0.393. The van der Waals surface area contributed by atoms with Crippen molar-refractivity contribution in [3.8, 4) is 0 Å². The summed E-state index contributed by atoms with van der Waals surface area (Å²) < 4.78 is 13.7. The molecule has 1 aromatic carbocycles. The molecule has 0 aromatic heterocycles. The van der Waals surface area contributed by atoms with E-state index in [1.54, 1.807) is 0 Å². The molecule has 0 spiro atoms. The molecular formula is C12H17FN2. The van der Waals surface area contributed by atoms with Gasteiger partial charge in [-0.2, -0.15) is 0 Å². The summed E-state index contributed by atoms with van der Waals surface area (Å²) >= 11 is 0. The van der Waals surface area contributed by atoms with Crippen molar-refractivity contribution in [3.05, 3.63) is 29.6 Å². The van der Waals surface area contributed by atoms with Gasteiger partial charge in [0.05, 0.1) is 5.69 Å². The maximum atomic E-state index is 13.7. The van der Waals surface area contributed by atoms with Gasteiger partial charge in [-0.3, -0.25) is 0 Å². The topological polar surface area (TPSA) is 29.3 Å². The number of benzene rings is 1. The van der Waals surface area contributed by atoms with Crippen LogP contribution in [0.15, 0.2) is 18.2 Å². The van der Waals surface area contributed by atoms with Gasteiger partial charge in [0.25, 0.3) is 0 Å². The number of anilines is 1. The molecule has 0 saturated heterocycles. The third-order valence-corrected chi connectivity index (χ3v) is 3.25. The Morgan fingerprint density at radius 1 is 1.47 bits per heavy atom. The molecule has 2 rings (SSSR count). The first-order valence-electron chi connectivity index (χ1n) is 5.43. The Kier molecular flexibility index (Phi) is 2.91. The predicted molar refractivity (Wildman–Crippen MR) is 60.3 cm³/mol. The summed E-state index contributed by atoms with van der Waals surface area (Å²) in [6.07, 6.45) is 3.61. The second kappa shape index (κ2) is 4.19. The molecule has 3 heteroatoms. The van der Waals surface area contributed by atoms with Crippen LogP contribution in [0.25, 0.3) is 0 Å². The van der Waals surface area contributed by atoms with E-state index in [0.29, 0.717) is 18.3 Å². The van der Waals surface area contributed by atoms with E-state index in [-0.39, 0.29) is 5.82 Å². The lowest BCUT2D eigenvalue weighted by molar-refractivity contribution is 0.398.